The van der Waals surface area contributed by atoms with Crippen molar-refractivity contribution in [3.63, 3.8) is 0 Å². The van der Waals surface area contributed by atoms with E-state index in [-0.39, 0.29) is 17.2 Å². The number of nitrogens with zero attached hydrogens (tertiary/aromatic N) is 2. The van der Waals surface area contributed by atoms with E-state index in [9.17, 15) is 22.8 Å². The van der Waals surface area contributed by atoms with Gasteiger partial charge in [0.2, 0.25) is 0 Å². The third-order valence-electron chi connectivity index (χ3n) is 3.06. The largest absolute Gasteiger partial charge is 0.465 e. The second-order valence-electron chi connectivity index (χ2n) is 5.12. The quantitative estimate of drug-likeness (QED) is 0.642. The number of alkyl halides is 3. The molecule has 0 N–H and O–H groups in total. The van der Waals surface area contributed by atoms with Crippen molar-refractivity contribution in [1.82, 2.24) is 9.88 Å². The van der Waals surface area contributed by atoms with Gasteiger partial charge in [0.1, 0.15) is 23.0 Å². The third kappa shape index (κ3) is 5.42. The molecule has 2 rings (SSSR count). The summed E-state index contributed by atoms with van der Waals surface area (Å²) >= 11 is 8.08. The fourth-order valence-electron chi connectivity index (χ4n) is 2.05. The van der Waals surface area contributed by atoms with Crippen LogP contribution in [-0.4, -0.2) is 47.6 Å². The number of halogens is 4. The van der Waals surface area contributed by atoms with Gasteiger partial charge in [-0.2, -0.15) is 13.2 Å². The number of carbonyl (C=O) groups excluding carboxylic acids is 2. The summed E-state index contributed by atoms with van der Waals surface area (Å²) in [5.41, 5.74) is 0.288. The molecule has 0 fully saturated rings. The van der Waals surface area contributed by atoms with Crippen LogP contribution in [-0.2, 0) is 9.53 Å². The maximum absolute atomic E-state index is 12.8. The number of rotatable bonds is 6. The highest BCUT2D eigenvalue weighted by Crippen LogP contribution is 2.35. The lowest BCUT2D eigenvalue weighted by Gasteiger charge is -2.22. The number of esters is 1. The highest BCUT2D eigenvalue weighted by atomic mass is 35.5. The SMILES string of the molecule is CCOC(=O)CN(CC(F)(F)F)C(=O)c1sc(-c2ccc(Cl)s2)nc1C. The number of aryl methyl sites for hydroxylation is 1. The topological polar surface area (TPSA) is 59.5 Å². The summed E-state index contributed by atoms with van der Waals surface area (Å²) in [5.74, 6) is -1.82. The monoisotopic (exact) mass is 426 g/mol. The molecule has 2 aromatic rings. The van der Waals surface area contributed by atoms with E-state index in [0.29, 0.717) is 19.1 Å². The average Bonchev–Trinajstić information content (AvgIpc) is 3.10. The first-order chi connectivity index (χ1) is 12.1. The molecule has 0 aromatic carbocycles. The van der Waals surface area contributed by atoms with Gasteiger partial charge in [-0.1, -0.05) is 11.6 Å². The number of amides is 1. The van der Waals surface area contributed by atoms with Crippen molar-refractivity contribution in [2.75, 3.05) is 19.7 Å². The smallest absolute Gasteiger partial charge is 0.406 e. The van der Waals surface area contributed by atoms with Crippen LogP contribution in [0.2, 0.25) is 4.34 Å². The zero-order valence-corrected chi connectivity index (χ0v) is 16.1. The molecule has 11 heteroatoms. The Kier molecular flexibility index (Phi) is 6.64. The molecule has 0 aliphatic heterocycles. The molecule has 0 spiro atoms. The van der Waals surface area contributed by atoms with Gasteiger partial charge in [-0.25, -0.2) is 4.98 Å². The van der Waals surface area contributed by atoms with Crippen molar-refractivity contribution < 1.29 is 27.5 Å². The van der Waals surface area contributed by atoms with Crippen LogP contribution in [0.3, 0.4) is 0 Å². The summed E-state index contributed by atoms with van der Waals surface area (Å²) in [7, 11) is 0. The Bertz CT molecular complexity index is 804. The molecule has 142 valence electrons. The fraction of sp³-hybridized carbons (Fsp3) is 0.400. The normalized spacial score (nSPS) is 11.5. The number of hydrogen-bond donors (Lipinski definition) is 0. The first-order valence-electron chi connectivity index (χ1n) is 7.35. The van der Waals surface area contributed by atoms with Crippen LogP contribution in [0.5, 0.6) is 0 Å². The van der Waals surface area contributed by atoms with Crippen LogP contribution < -0.4 is 0 Å². The van der Waals surface area contributed by atoms with Gasteiger partial charge in [0.15, 0.2) is 0 Å². The zero-order valence-electron chi connectivity index (χ0n) is 13.7. The molecule has 5 nitrogen and oxygen atoms in total. The van der Waals surface area contributed by atoms with Crippen LogP contribution in [0.1, 0.15) is 22.3 Å². The van der Waals surface area contributed by atoms with E-state index in [4.69, 9.17) is 11.6 Å². The molecule has 0 aliphatic carbocycles. The van der Waals surface area contributed by atoms with E-state index in [1.165, 1.54) is 25.2 Å². The molecule has 2 aromatic heterocycles. The molecule has 0 bridgehead atoms. The Labute approximate surface area is 160 Å². The van der Waals surface area contributed by atoms with Crippen LogP contribution in [0.4, 0.5) is 13.2 Å². The number of carbonyl (C=O) groups is 2. The van der Waals surface area contributed by atoms with E-state index in [1.807, 2.05) is 0 Å². The summed E-state index contributed by atoms with van der Waals surface area (Å²) in [6, 6.07) is 3.38. The first kappa shape index (κ1) is 20.7. The van der Waals surface area contributed by atoms with Gasteiger partial charge in [-0.15, -0.1) is 22.7 Å². The summed E-state index contributed by atoms with van der Waals surface area (Å²) in [5, 5.41) is 0.478. The van der Waals surface area contributed by atoms with Gasteiger partial charge >= 0.3 is 12.1 Å². The molecule has 0 saturated heterocycles. The predicted molar refractivity (Wildman–Crippen MR) is 93.8 cm³/mol. The number of aromatic nitrogens is 1. The van der Waals surface area contributed by atoms with Crippen molar-refractivity contribution in [2.24, 2.45) is 0 Å². The van der Waals surface area contributed by atoms with E-state index in [1.54, 1.807) is 12.1 Å². The van der Waals surface area contributed by atoms with Crippen LogP contribution in [0.15, 0.2) is 12.1 Å². The van der Waals surface area contributed by atoms with Gasteiger partial charge in [0.05, 0.1) is 21.5 Å². The van der Waals surface area contributed by atoms with Gasteiger partial charge in [-0.3, -0.25) is 9.59 Å². The number of hydrogen-bond acceptors (Lipinski definition) is 6. The maximum Gasteiger partial charge on any atom is 0.406 e. The first-order valence-corrected chi connectivity index (χ1v) is 9.36. The molecular weight excluding hydrogens is 413 g/mol. The van der Waals surface area contributed by atoms with E-state index < -0.39 is 31.1 Å². The average molecular weight is 427 g/mol. The molecule has 0 saturated carbocycles. The van der Waals surface area contributed by atoms with Crippen molar-refractivity contribution >= 4 is 46.2 Å². The van der Waals surface area contributed by atoms with Gasteiger partial charge in [0, 0.05) is 0 Å². The summed E-state index contributed by atoms with van der Waals surface area (Å²) < 4.78 is 43.6. The number of thiophene rings is 1. The van der Waals surface area contributed by atoms with E-state index in [0.717, 1.165) is 11.3 Å². The minimum atomic E-state index is -4.65. The van der Waals surface area contributed by atoms with Crippen molar-refractivity contribution in [3.8, 4) is 9.88 Å². The Morgan fingerprint density at radius 3 is 2.54 bits per heavy atom. The number of ether oxygens (including phenoxy) is 1. The minimum Gasteiger partial charge on any atom is -0.465 e. The van der Waals surface area contributed by atoms with Crippen LogP contribution in [0.25, 0.3) is 9.88 Å². The Hall–Kier alpha value is -1.65. The van der Waals surface area contributed by atoms with Crippen LogP contribution in [0, 0.1) is 6.92 Å². The second kappa shape index (κ2) is 8.36. The molecular formula is C15H14ClF3N2O3S2. The molecule has 0 radical (unpaired) electrons. The Balaban J connectivity index is 2.29. The minimum absolute atomic E-state index is 0.00967. The zero-order chi connectivity index (χ0) is 19.5. The highest BCUT2D eigenvalue weighted by molar-refractivity contribution is 7.24. The lowest BCUT2D eigenvalue weighted by Crippen LogP contribution is -2.42. The molecule has 1 amide bonds. The fourth-order valence-corrected chi connectivity index (χ4v) is 4.18. The molecule has 0 aliphatic rings. The second-order valence-corrected chi connectivity index (χ2v) is 7.83. The molecule has 0 atom stereocenters. The van der Waals surface area contributed by atoms with Gasteiger partial charge in [-0.05, 0) is 26.0 Å². The standard InChI is InChI=1S/C15H14ClF3N2O3S2/c1-3-24-11(22)6-21(7-15(17,18)19)14(23)12-8(2)20-13(26-12)9-4-5-10(16)25-9/h4-5H,3,6-7H2,1-2H3. The van der Waals surface area contributed by atoms with Crippen molar-refractivity contribution in [2.45, 2.75) is 20.0 Å². The van der Waals surface area contributed by atoms with Gasteiger partial charge < -0.3 is 9.64 Å². The van der Waals surface area contributed by atoms with Gasteiger partial charge in [0.25, 0.3) is 5.91 Å². The predicted octanol–water partition coefficient (Wildman–Crippen LogP) is 4.40. The summed E-state index contributed by atoms with van der Waals surface area (Å²) in [6.45, 7) is 0.722. The van der Waals surface area contributed by atoms with Crippen molar-refractivity contribution in [3.05, 3.63) is 27.0 Å². The highest BCUT2D eigenvalue weighted by Gasteiger charge is 2.35. The third-order valence-corrected chi connectivity index (χ3v) is 5.60. The Morgan fingerprint density at radius 2 is 2.00 bits per heavy atom. The van der Waals surface area contributed by atoms with Crippen LogP contribution >= 0.6 is 34.3 Å². The molecule has 2 heterocycles. The lowest BCUT2D eigenvalue weighted by atomic mass is 10.3. The van der Waals surface area contributed by atoms with Crippen molar-refractivity contribution in [1.29, 1.82) is 0 Å². The lowest BCUT2D eigenvalue weighted by molar-refractivity contribution is -0.153. The number of thiazole rings is 1. The maximum atomic E-state index is 12.8. The van der Waals surface area contributed by atoms with E-state index in [2.05, 4.69) is 9.72 Å². The summed E-state index contributed by atoms with van der Waals surface area (Å²) in [4.78, 5) is 29.6. The van der Waals surface area contributed by atoms with E-state index >= 15 is 0 Å². The Morgan fingerprint density at radius 1 is 1.31 bits per heavy atom. The summed E-state index contributed by atoms with van der Waals surface area (Å²) in [6.07, 6.45) is -4.65. The molecule has 0 unspecified atom stereocenters. The molecule has 26 heavy (non-hydrogen) atoms.